The molecule has 82 valence electrons. The van der Waals surface area contributed by atoms with E-state index in [1.165, 1.54) is 0 Å². The van der Waals surface area contributed by atoms with Gasteiger partial charge in [0.1, 0.15) is 6.10 Å². The van der Waals surface area contributed by atoms with Crippen LogP contribution in [0.2, 0.25) is 5.02 Å². The van der Waals surface area contributed by atoms with Crippen molar-refractivity contribution in [1.82, 2.24) is 4.98 Å². The molecule has 1 N–H and O–H groups in total. The Hall–Kier alpha value is -0.900. The predicted octanol–water partition coefficient (Wildman–Crippen LogP) is 3.58. The van der Waals surface area contributed by atoms with E-state index in [0.717, 1.165) is 15.6 Å². The third kappa shape index (κ3) is 2.43. The summed E-state index contributed by atoms with van der Waals surface area (Å²) in [7, 11) is 0. The van der Waals surface area contributed by atoms with Crippen LogP contribution in [0.5, 0.6) is 0 Å². The third-order valence-electron chi connectivity index (χ3n) is 2.25. The summed E-state index contributed by atoms with van der Waals surface area (Å²) in [6.07, 6.45) is 2.59. The average Bonchev–Trinajstić information content (AvgIpc) is 2.32. The Morgan fingerprint density at radius 1 is 1.31 bits per heavy atom. The van der Waals surface area contributed by atoms with Crippen molar-refractivity contribution < 1.29 is 5.11 Å². The Kier molecular flexibility index (Phi) is 3.59. The molecule has 0 amide bonds. The number of hydrogen-bond acceptors (Lipinski definition) is 2. The lowest BCUT2D eigenvalue weighted by Crippen LogP contribution is -2.00. The van der Waals surface area contributed by atoms with Crippen LogP contribution < -0.4 is 0 Å². The van der Waals surface area contributed by atoms with Crippen LogP contribution in [0.1, 0.15) is 17.2 Å². The van der Waals surface area contributed by atoms with Crippen LogP contribution in [-0.4, -0.2) is 10.1 Å². The van der Waals surface area contributed by atoms with Crippen molar-refractivity contribution in [1.29, 1.82) is 0 Å². The summed E-state index contributed by atoms with van der Waals surface area (Å²) in [4.78, 5) is 3.98. The van der Waals surface area contributed by atoms with Gasteiger partial charge in [0.05, 0.1) is 0 Å². The van der Waals surface area contributed by atoms with Gasteiger partial charge in [-0.2, -0.15) is 0 Å². The zero-order valence-electron chi connectivity index (χ0n) is 8.27. The van der Waals surface area contributed by atoms with Crippen LogP contribution in [0.3, 0.4) is 0 Å². The van der Waals surface area contributed by atoms with Gasteiger partial charge < -0.3 is 5.11 Å². The molecule has 2 nitrogen and oxygen atoms in total. The second kappa shape index (κ2) is 4.95. The van der Waals surface area contributed by atoms with Crippen molar-refractivity contribution in [2.75, 3.05) is 0 Å². The van der Waals surface area contributed by atoms with Gasteiger partial charge in [0, 0.05) is 33.0 Å². The molecule has 2 aromatic rings. The lowest BCUT2D eigenvalue weighted by Gasteiger charge is -2.13. The fraction of sp³-hybridized carbons (Fsp3) is 0.0833. The van der Waals surface area contributed by atoms with E-state index in [9.17, 15) is 5.11 Å². The minimum Gasteiger partial charge on any atom is -0.384 e. The first-order chi connectivity index (χ1) is 7.68. The maximum atomic E-state index is 10.2. The van der Waals surface area contributed by atoms with Gasteiger partial charge >= 0.3 is 0 Å². The SMILES string of the molecule is OC(c1cccnc1)c1cc(Cl)ccc1Br. The van der Waals surface area contributed by atoms with Crippen molar-refractivity contribution in [2.45, 2.75) is 6.10 Å². The highest BCUT2D eigenvalue weighted by Crippen LogP contribution is 2.30. The minimum absolute atomic E-state index is 0.598. The number of pyridine rings is 1. The molecule has 1 heterocycles. The highest BCUT2D eigenvalue weighted by molar-refractivity contribution is 9.10. The molecule has 0 aliphatic rings. The number of nitrogens with zero attached hydrogens (tertiary/aromatic N) is 1. The number of hydrogen-bond donors (Lipinski definition) is 1. The maximum Gasteiger partial charge on any atom is 0.107 e. The predicted molar refractivity (Wildman–Crippen MR) is 67.5 cm³/mol. The smallest absolute Gasteiger partial charge is 0.107 e. The topological polar surface area (TPSA) is 33.1 Å². The van der Waals surface area contributed by atoms with E-state index in [1.54, 1.807) is 30.6 Å². The Morgan fingerprint density at radius 2 is 2.12 bits per heavy atom. The molecule has 0 fully saturated rings. The monoisotopic (exact) mass is 297 g/mol. The molecule has 0 saturated heterocycles. The molecule has 1 aromatic heterocycles. The zero-order chi connectivity index (χ0) is 11.5. The standard InChI is InChI=1S/C12H9BrClNO/c13-11-4-3-9(14)6-10(11)12(16)8-2-1-5-15-7-8/h1-7,12,16H. The molecule has 0 spiro atoms. The summed E-state index contributed by atoms with van der Waals surface area (Å²) in [6, 6.07) is 8.94. The van der Waals surface area contributed by atoms with Crippen molar-refractivity contribution in [2.24, 2.45) is 0 Å². The summed E-state index contributed by atoms with van der Waals surface area (Å²) in [5.74, 6) is 0. The molecule has 2 rings (SSSR count). The normalized spacial score (nSPS) is 12.4. The first-order valence-corrected chi connectivity index (χ1v) is 5.88. The molecule has 1 unspecified atom stereocenters. The fourth-order valence-corrected chi connectivity index (χ4v) is 2.09. The number of benzene rings is 1. The van der Waals surface area contributed by atoms with Gasteiger partial charge in [0.2, 0.25) is 0 Å². The van der Waals surface area contributed by atoms with Crippen LogP contribution in [0.15, 0.2) is 47.2 Å². The molecule has 0 bridgehead atoms. The summed E-state index contributed by atoms with van der Waals surface area (Å²) in [5.41, 5.74) is 1.48. The van der Waals surface area contributed by atoms with Crippen molar-refractivity contribution in [3.05, 3.63) is 63.3 Å². The molecular formula is C12H9BrClNO. The first kappa shape index (κ1) is 11.6. The molecular weight excluding hydrogens is 289 g/mol. The van der Waals surface area contributed by atoms with E-state index in [1.807, 2.05) is 12.1 Å². The van der Waals surface area contributed by atoms with Crippen LogP contribution in [0.25, 0.3) is 0 Å². The lowest BCUT2D eigenvalue weighted by molar-refractivity contribution is 0.219. The maximum absolute atomic E-state index is 10.2. The second-order valence-electron chi connectivity index (χ2n) is 3.35. The molecule has 0 saturated carbocycles. The number of aliphatic hydroxyl groups is 1. The van der Waals surface area contributed by atoms with Gasteiger partial charge in [-0.25, -0.2) is 0 Å². The van der Waals surface area contributed by atoms with E-state index in [0.29, 0.717) is 5.02 Å². The number of aliphatic hydroxyl groups excluding tert-OH is 1. The molecule has 0 radical (unpaired) electrons. The van der Waals surface area contributed by atoms with Crippen LogP contribution in [0.4, 0.5) is 0 Å². The van der Waals surface area contributed by atoms with Gasteiger partial charge in [-0.15, -0.1) is 0 Å². The Morgan fingerprint density at radius 3 is 2.81 bits per heavy atom. The molecule has 16 heavy (non-hydrogen) atoms. The molecule has 1 aromatic carbocycles. The summed E-state index contributed by atoms with van der Waals surface area (Å²) >= 11 is 9.29. The summed E-state index contributed by atoms with van der Waals surface area (Å²) < 4.78 is 0.827. The summed E-state index contributed by atoms with van der Waals surface area (Å²) in [6.45, 7) is 0. The van der Waals surface area contributed by atoms with Crippen molar-refractivity contribution in [3.63, 3.8) is 0 Å². The number of rotatable bonds is 2. The Bertz CT molecular complexity index is 490. The lowest BCUT2D eigenvalue weighted by atomic mass is 10.0. The second-order valence-corrected chi connectivity index (χ2v) is 4.65. The molecule has 0 aliphatic carbocycles. The fourth-order valence-electron chi connectivity index (χ4n) is 1.44. The van der Waals surface area contributed by atoms with Crippen LogP contribution in [-0.2, 0) is 0 Å². The molecule has 4 heteroatoms. The zero-order valence-corrected chi connectivity index (χ0v) is 10.6. The van der Waals surface area contributed by atoms with Gasteiger partial charge in [0.15, 0.2) is 0 Å². The average molecular weight is 299 g/mol. The largest absolute Gasteiger partial charge is 0.384 e. The first-order valence-electron chi connectivity index (χ1n) is 4.71. The third-order valence-corrected chi connectivity index (χ3v) is 3.21. The van der Waals surface area contributed by atoms with Crippen LogP contribution in [0, 0.1) is 0 Å². The molecule has 0 aliphatic heterocycles. The van der Waals surface area contributed by atoms with Gasteiger partial charge in [-0.1, -0.05) is 33.6 Å². The van der Waals surface area contributed by atoms with E-state index in [2.05, 4.69) is 20.9 Å². The van der Waals surface area contributed by atoms with Gasteiger partial charge in [0.25, 0.3) is 0 Å². The van der Waals surface area contributed by atoms with Crippen molar-refractivity contribution in [3.8, 4) is 0 Å². The van der Waals surface area contributed by atoms with E-state index in [-0.39, 0.29) is 0 Å². The van der Waals surface area contributed by atoms with E-state index < -0.39 is 6.10 Å². The summed E-state index contributed by atoms with van der Waals surface area (Å²) in [5, 5.41) is 10.8. The number of halogens is 2. The number of aromatic nitrogens is 1. The quantitative estimate of drug-likeness (QED) is 0.919. The van der Waals surface area contributed by atoms with E-state index in [4.69, 9.17) is 11.6 Å². The highest BCUT2D eigenvalue weighted by Gasteiger charge is 2.13. The molecule has 1 atom stereocenters. The van der Waals surface area contributed by atoms with Gasteiger partial charge in [-0.3, -0.25) is 4.98 Å². The van der Waals surface area contributed by atoms with E-state index >= 15 is 0 Å². The van der Waals surface area contributed by atoms with Crippen LogP contribution >= 0.6 is 27.5 Å². The van der Waals surface area contributed by atoms with Crippen molar-refractivity contribution >= 4 is 27.5 Å². The Labute approximate surface area is 107 Å². The highest BCUT2D eigenvalue weighted by atomic mass is 79.9. The Balaban J connectivity index is 2.41. The van der Waals surface area contributed by atoms with Gasteiger partial charge in [-0.05, 0) is 24.3 Å². The minimum atomic E-state index is -0.721.